The van der Waals surface area contributed by atoms with Gasteiger partial charge in [0.25, 0.3) is 10.1 Å². The molecule has 1 aromatic carbocycles. The van der Waals surface area contributed by atoms with Crippen LogP contribution in [0.5, 0.6) is 0 Å². The van der Waals surface area contributed by atoms with Gasteiger partial charge in [-0.3, -0.25) is 4.18 Å². The van der Waals surface area contributed by atoms with Crippen LogP contribution in [-0.2, 0) is 30.0 Å². The van der Waals surface area contributed by atoms with E-state index in [1.165, 1.54) is 20.8 Å². The van der Waals surface area contributed by atoms with Gasteiger partial charge in [0.15, 0.2) is 0 Å². The molecule has 1 N–H and O–H groups in total. The van der Waals surface area contributed by atoms with Crippen molar-refractivity contribution in [2.75, 3.05) is 19.4 Å². The highest BCUT2D eigenvalue weighted by Crippen LogP contribution is 2.25. The standard InChI is InChI=1S/C19H28FNO5S2/c1-16(2)28(24,25)21-15-19(3,20)18-12-10-17(11-13-18)9-7-5-6-8-14-26-27(4,22)23/h10-13,16,21H,5-6,8,14-15H2,1-4H3. The van der Waals surface area contributed by atoms with Crippen molar-refractivity contribution in [1.29, 1.82) is 0 Å². The number of rotatable bonds is 10. The average molecular weight is 434 g/mol. The molecule has 1 unspecified atom stereocenters. The van der Waals surface area contributed by atoms with Crippen molar-refractivity contribution < 1.29 is 25.4 Å². The minimum Gasteiger partial charge on any atom is -0.270 e. The summed E-state index contributed by atoms with van der Waals surface area (Å²) in [7, 11) is -6.93. The number of alkyl halides is 1. The molecule has 158 valence electrons. The largest absolute Gasteiger partial charge is 0.270 e. The van der Waals surface area contributed by atoms with E-state index in [-0.39, 0.29) is 13.2 Å². The number of benzene rings is 1. The number of nitrogens with one attached hydrogen (secondary N) is 1. The van der Waals surface area contributed by atoms with E-state index in [9.17, 15) is 21.2 Å². The number of sulfonamides is 1. The fourth-order valence-corrected chi connectivity index (χ4v) is 3.32. The molecule has 0 bridgehead atoms. The summed E-state index contributed by atoms with van der Waals surface area (Å²) in [5.74, 6) is 5.93. The molecule has 0 aliphatic rings. The highest BCUT2D eigenvalue weighted by Gasteiger charge is 2.28. The number of hydrogen-bond donors (Lipinski definition) is 1. The van der Waals surface area contributed by atoms with Crippen LogP contribution in [0.2, 0.25) is 0 Å². The molecule has 0 aliphatic carbocycles. The Morgan fingerprint density at radius 2 is 1.75 bits per heavy atom. The number of halogens is 1. The Kier molecular flexibility index (Phi) is 9.08. The molecule has 1 rings (SSSR count). The van der Waals surface area contributed by atoms with E-state index >= 15 is 0 Å². The van der Waals surface area contributed by atoms with Gasteiger partial charge in [0.05, 0.1) is 18.1 Å². The summed E-state index contributed by atoms with van der Waals surface area (Å²) in [4.78, 5) is 0. The molecular weight excluding hydrogens is 405 g/mol. The third-order valence-electron chi connectivity index (χ3n) is 3.94. The van der Waals surface area contributed by atoms with Crippen LogP contribution in [0.25, 0.3) is 0 Å². The summed E-state index contributed by atoms with van der Waals surface area (Å²) < 4.78 is 67.0. The fraction of sp³-hybridized carbons (Fsp3) is 0.579. The van der Waals surface area contributed by atoms with Crippen molar-refractivity contribution in [2.45, 2.75) is 51.0 Å². The molecule has 0 aliphatic heterocycles. The molecule has 0 saturated carbocycles. The Hall–Kier alpha value is -1.47. The smallest absolute Gasteiger partial charge is 0.264 e. The number of hydrogen-bond acceptors (Lipinski definition) is 5. The third-order valence-corrected chi connectivity index (χ3v) is 6.32. The lowest BCUT2D eigenvalue weighted by Crippen LogP contribution is -2.39. The van der Waals surface area contributed by atoms with Crippen molar-refractivity contribution >= 4 is 20.1 Å². The van der Waals surface area contributed by atoms with Crippen LogP contribution in [0.15, 0.2) is 24.3 Å². The van der Waals surface area contributed by atoms with E-state index in [1.807, 2.05) is 0 Å². The molecule has 0 amide bonds. The molecule has 0 spiro atoms. The van der Waals surface area contributed by atoms with E-state index in [0.29, 0.717) is 24.8 Å². The van der Waals surface area contributed by atoms with Gasteiger partial charge >= 0.3 is 0 Å². The molecule has 0 fully saturated rings. The van der Waals surface area contributed by atoms with Gasteiger partial charge in [0, 0.05) is 18.5 Å². The second-order valence-electron chi connectivity index (χ2n) is 6.97. The first-order chi connectivity index (χ1) is 12.8. The third kappa shape index (κ3) is 9.15. The zero-order chi connectivity index (χ0) is 21.4. The first-order valence-electron chi connectivity index (χ1n) is 8.95. The maximum absolute atomic E-state index is 14.8. The van der Waals surface area contributed by atoms with Crippen molar-refractivity contribution in [3.05, 3.63) is 35.4 Å². The second-order valence-corrected chi connectivity index (χ2v) is 10.9. The van der Waals surface area contributed by atoms with Crippen LogP contribution in [0, 0.1) is 11.8 Å². The minimum absolute atomic E-state index is 0.144. The van der Waals surface area contributed by atoms with Crippen LogP contribution in [0.4, 0.5) is 4.39 Å². The van der Waals surface area contributed by atoms with Crippen molar-refractivity contribution in [3.8, 4) is 11.8 Å². The molecule has 0 saturated heterocycles. The Labute approximate surface area is 168 Å². The summed E-state index contributed by atoms with van der Waals surface area (Å²) in [5.41, 5.74) is -0.759. The van der Waals surface area contributed by atoms with Gasteiger partial charge < -0.3 is 0 Å². The van der Waals surface area contributed by atoms with Gasteiger partial charge in [0.2, 0.25) is 10.0 Å². The van der Waals surface area contributed by atoms with Gasteiger partial charge in [-0.1, -0.05) is 24.0 Å². The summed E-state index contributed by atoms with van der Waals surface area (Å²) in [6, 6.07) is 6.55. The molecule has 6 nitrogen and oxygen atoms in total. The lowest BCUT2D eigenvalue weighted by molar-refractivity contribution is 0.196. The molecule has 0 radical (unpaired) electrons. The van der Waals surface area contributed by atoms with Crippen LogP contribution >= 0.6 is 0 Å². The van der Waals surface area contributed by atoms with Gasteiger partial charge in [-0.2, -0.15) is 8.42 Å². The van der Waals surface area contributed by atoms with Gasteiger partial charge in [-0.15, -0.1) is 0 Å². The Morgan fingerprint density at radius 1 is 1.14 bits per heavy atom. The zero-order valence-electron chi connectivity index (χ0n) is 16.7. The molecule has 9 heteroatoms. The topological polar surface area (TPSA) is 89.5 Å². The molecule has 1 aromatic rings. The molecule has 0 aromatic heterocycles. The Morgan fingerprint density at radius 3 is 2.29 bits per heavy atom. The van der Waals surface area contributed by atoms with Crippen molar-refractivity contribution in [1.82, 2.24) is 4.72 Å². The van der Waals surface area contributed by atoms with E-state index in [2.05, 4.69) is 20.7 Å². The minimum atomic E-state index is -3.53. The van der Waals surface area contributed by atoms with E-state index in [4.69, 9.17) is 0 Å². The maximum Gasteiger partial charge on any atom is 0.264 e. The van der Waals surface area contributed by atoms with Crippen LogP contribution in [0.3, 0.4) is 0 Å². The first kappa shape index (κ1) is 24.6. The van der Waals surface area contributed by atoms with Crippen LogP contribution in [-0.4, -0.2) is 41.5 Å². The van der Waals surface area contributed by atoms with Gasteiger partial charge in [-0.25, -0.2) is 17.5 Å². The zero-order valence-corrected chi connectivity index (χ0v) is 18.3. The Balaban J connectivity index is 2.55. The van der Waals surface area contributed by atoms with E-state index in [0.717, 1.165) is 11.8 Å². The summed E-state index contributed by atoms with van der Waals surface area (Å²) in [6.45, 7) is 4.20. The average Bonchev–Trinajstić information content (AvgIpc) is 2.59. The molecule has 1 atom stereocenters. The van der Waals surface area contributed by atoms with Crippen molar-refractivity contribution in [3.63, 3.8) is 0 Å². The molecular formula is C19H28FNO5S2. The lowest BCUT2D eigenvalue weighted by Gasteiger charge is -2.22. The quantitative estimate of drug-likeness (QED) is 0.348. The van der Waals surface area contributed by atoms with Crippen LogP contribution in [0.1, 0.15) is 51.2 Å². The fourth-order valence-electron chi connectivity index (χ4n) is 2.10. The Bertz CT molecular complexity index is 896. The summed E-state index contributed by atoms with van der Waals surface area (Å²) >= 11 is 0. The second kappa shape index (κ2) is 10.3. The number of unbranched alkanes of at least 4 members (excludes halogenated alkanes) is 2. The summed E-state index contributed by atoms with van der Waals surface area (Å²) in [5, 5.41) is -0.626. The first-order valence-corrected chi connectivity index (χ1v) is 12.3. The predicted molar refractivity (Wildman–Crippen MR) is 108 cm³/mol. The SMILES string of the molecule is CC(C)S(=O)(=O)NCC(C)(F)c1ccc(C#CCCCCOS(C)(=O)=O)cc1. The highest BCUT2D eigenvalue weighted by molar-refractivity contribution is 7.90. The van der Waals surface area contributed by atoms with Crippen LogP contribution < -0.4 is 4.72 Å². The highest BCUT2D eigenvalue weighted by atomic mass is 32.2. The molecule has 0 heterocycles. The monoisotopic (exact) mass is 433 g/mol. The summed E-state index contributed by atoms with van der Waals surface area (Å²) in [6.07, 6.45) is 2.90. The lowest BCUT2D eigenvalue weighted by atomic mass is 9.97. The molecule has 28 heavy (non-hydrogen) atoms. The normalized spacial score (nSPS) is 14.4. The van der Waals surface area contributed by atoms with Crippen molar-refractivity contribution in [2.24, 2.45) is 0 Å². The van der Waals surface area contributed by atoms with Gasteiger partial charge in [-0.05, 0) is 51.3 Å². The van der Waals surface area contributed by atoms with E-state index in [1.54, 1.807) is 24.3 Å². The predicted octanol–water partition coefficient (Wildman–Crippen LogP) is 2.70. The van der Waals surface area contributed by atoms with E-state index < -0.39 is 31.1 Å². The van der Waals surface area contributed by atoms with Gasteiger partial charge in [0.1, 0.15) is 5.67 Å². The maximum atomic E-state index is 14.8.